The van der Waals surface area contributed by atoms with Gasteiger partial charge in [0.25, 0.3) is 6.29 Å². The fourth-order valence-corrected chi connectivity index (χ4v) is 6.68. The maximum atomic E-state index is 13.0. The molecule has 1 aliphatic rings. The molecule has 3 N–H and O–H groups in total. The van der Waals surface area contributed by atoms with E-state index in [-0.39, 0.29) is 25.4 Å². The minimum atomic E-state index is -2.27. The molecule has 0 amide bonds. The maximum absolute atomic E-state index is 13.0. The molecule has 42 heavy (non-hydrogen) atoms. The lowest BCUT2D eigenvalue weighted by Gasteiger charge is -2.56. The Hall–Kier alpha value is -2.97. The number of hydrogen-bond acceptors (Lipinski definition) is 8. The van der Waals surface area contributed by atoms with Crippen LogP contribution in [-0.4, -0.2) is 63.3 Å². The maximum Gasteiger partial charge on any atom is 0.510 e. The molecule has 7 atom stereocenters. The minimum absolute atomic E-state index is 0.0942. The Bertz CT molecular complexity index is 1290. The number of carbonyl (C=O) groups is 1. The number of ether oxygens (including phenoxy) is 2. The van der Waals surface area contributed by atoms with Gasteiger partial charge in [-0.05, 0) is 27.7 Å². The smallest absolute Gasteiger partial charge is 0.454 e. The first-order valence-corrected chi connectivity index (χ1v) is 15.7. The molecule has 4 rings (SSSR count). The van der Waals surface area contributed by atoms with E-state index in [4.69, 9.17) is 14.0 Å². The monoisotopic (exact) mass is 595 g/mol. The van der Waals surface area contributed by atoms with E-state index in [1.807, 2.05) is 61.5 Å². The van der Waals surface area contributed by atoms with Gasteiger partial charge in [-0.15, -0.1) is 4.52 Å². The van der Waals surface area contributed by atoms with E-state index < -0.39 is 49.8 Å². The predicted molar refractivity (Wildman–Crippen MR) is 159 cm³/mol. The number of esters is 1. The minimum Gasteiger partial charge on any atom is -0.454 e. The summed E-state index contributed by atoms with van der Waals surface area (Å²) in [4.78, 5) is 12.4. The van der Waals surface area contributed by atoms with Crippen molar-refractivity contribution >= 4 is 14.0 Å². The van der Waals surface area contributed by atoms with Crippen LogP contribution in [0.2, 0.25) is 0 Å². The summed E-state index contributed by atoms with van der Waals surface area (Å²) in [5.41, 5.74) is -2.32. The zero-order chi connectivity index (χ0) is 30.2. The summed E-state index contributed by atoms with van der Waals surface area (Å²) < 4.78 is 30.8. The van der Waals surface area contributed by atoms with Gasteiger partial charge in [-0.3, -0.25) is 4.79 Å². The van der Waals surface area contributed by atoms with Crippen LogP contribution in [0, 0.1) is 0 Å². The summed E-state index contributed by atoms with van der Waals surface area (Å²) >= 11 is 0. The highest BCUT2D eigenvalue weighted by Gasteiger charge is 2.69. The quantitative estimate of drug-likeness (QED) is 0.191. The molecule has 224 valence electrons. The van der Waals surface area contributed by atoms with Crippen LogP contribution in [0.25, 0.3) is 0 Å². The highest BCUT2D eigenvalue weighted by Crippen LogP contribution is 2.47. The molecule has 9 heteroatoms. The molecular formula is C33H40O8P+. The number of carbonyl (C=O) groups excluding carboxylic acids is 1. The summed E-state index contributed by atoms with van der Waals surface area (Å²) in [5.74, 6) is -0.738. The molecule has 8 nitrogen and oxygen atoms in total. The third kappa shape index (κ3) is 7.51. The molecule has 0 radical (unpaired) electrons. The first-order chi connectivity index (χ1) is 20.2. The van der Waals surface area contributed by atoms with Crippen molar-refractivity contribution in [1.82, 2.24) is 0 Å². The molecule has 1 saturated heterocycles. The van der Waals surface area contributed by atoms with Crippen molar-refractivity contribution in [2.24, 2.45) is 0 Å². The van der Waals surface area contributed by atoms with Crippen LogP contribution in [0.4, 0.5) is 0 Å². The van der Waals surface area contributed by atoms with Gasteiger partial charge in [-0.25, -0.2) is 0 Å². The molecule has 1 aliphatic heterocycles. The van der Waals surface area contributed by atoms with Crippen molar-refractivity contribution in [2.45, 2.75) is 81.8 Å². The second kappa shape index (κ2) is 14.5. The van der Waals surface area contributed by atoms with Gasteiger partial charge in [0.1, 0.15) is 17.3 Å². The zero-order valence-electron chi connectivity index (χ0n) is 24.0. The Kier molecular flexibility index (Phi) is 11.0. The van der Waals surface area contributed by atoms with Crippen molar-refractivity contribution in [2.75, 3.05) is 6.16 Å². The highest BCUT2D eigenvalue weighted by atomic mass is 31.1. The van der Waals surface area contributed by atoms with E-state index in [2.05, 4.69) is 0 Å². The van der Waals surface area contributed by atoms with Gasteiger partial charge in [-0.2, -0.15) is 0 Å². The van der Waals surface area contributed by atoms with Gasteiger partial charge >= 0.3 is 14.0 Å². The van der Waals surface area contributed by atoms with Gasteiger partial charge in [0, 0.05) is 26.2 Å². The molecule has 1 heterocycles. The Morgan fingerprint density at radius 3 is 1.88 bits per heavy atom. The highest BCUT2D eigenvalue weighted by molar-refractivity contribution is 7.39. The van der Waals surface area contributed by atoms with Gasteiger partial charge in [0.15, 0.2) is 12.3 Å². The van der Waals surface area contributed by atoms with Crippen LogP contribution in [-0.2, 0) is 42.6 Å². The molecule has 0 aromatic heterocycles. The molecule has 3 aromatic carbocycles. The second-order valence-electron chi connectivity index (χ2n) is 10.9. The van der Waals surface area contributed by atoms with Crippen LogP contribution in [0.1, 0.15) is 43.4 Å². The number of hydrogen-bond donors (Lipinski definition) is 3. The number of benzene rings is 3. The van der Waals surface area contributed by atoms with E-state index in [0.717, 1.165) is 12.0 Å². The number of aliphatic hydroxyl groups excluding tert-OH is 1. The number of rotatable bonds is 13. The fourth-order valence-electron chi connectivity index (χ4n) is 5.61. The van der Waals surface area contributed by atoms with Gasteiger partial charge in [-0.1, -0.05) is 104 Å². The molecule has 0 aliphatic carbocycles. The first-order valence-electron chi connectivity index (χ1n) is 14.3. The molecule has 3 aromatic rings. The third-order valence-electron chi connectivity index (χ3n) is 7.70. The molecular weight excluding hydrogens is 555 g/mol. The van der Waals surface area contributed by atoms with Crippen molar-refractivity contribution in [3.05, 3.63) is 108 Å². The summed E-state index contributed by atoms with van der Waals surface area (Å²) in [6.07, 6.45) is -4.38. The van der Waals surface area contributed by atoms with Crippen LogP contribution in [0.15, 0.2) is 91.0 Å². The predicted octanol–water partition coefficient (Wildman–Crippen LogP) is 4.75. The van der Waals surface area contributed by atoms with Crippen LogP contribution >= 0.6 is 8.03 Å². The van der Waals surface area contributed by atoms with Gasteiger partial charge in [0.2, 0.25) is 0 Å². The summed E-state index contributed by atoms with van der Waals surface area (Å²) in [6, 6.07) is 27.3. The van der Waals surface area contributed by atoms with E-state index in [0.29, 0.717) is 17.5 Å². The zero-order valence-corrected chi connectivity index (χ0v) is 24.9. The van der Waals surface area contributed by atoms with Crippen LogP contribution < -0.4 is 0 Å². The van der Waals surface area contributed by atoms with Crippen molar-refractivity contribution in [3.63, 3.8) is 0 Å². The normalized spacial score (nSPS) is 26.8. The molecule has 1 fully saturated rings. The molecule has 2 unspecified atom stereocenters. The first kappa shape index (κ1) is 32.0. The molecule has 0 spiro atoms. The van der Waals surface area contributed by atoms with Gasteiger partial charge in [0.05, 0.1) is 6.10 Å². The van der Waals surface area contributed by atoms with E-state index in [9.17, 15) is 24.7 Å². The van der Waals surface area contributed by atoms with Gasteiger partial charge < -0.3 is 24.8 Å². The number of unbranched alkanes of at least 4 members (excludes halogenated alkanes) is 1. The average molecular weight is 596 g/mol. The van der Waals surface area contributed by atoms with Crippen molar-refractivity contribution in [1.29, 1.82) is 0 Å². The Morgan fingerprint density at radius 2 is 1.38 bits per heavy atom. The fraction of sp³-hybridized carbons (Fsp3) is 0.424. The van der Waals surface area contributed by atoms with Crippen LogP contribution in [0.5, 0.6) is 0 Å². The van der Waals surface area contributed by atoms with E-state index in [1.54, 1.807) is 36.4 Å². The summed E-state index contributed by atoms with van der Waals surface area (Å²) in [7, 11) is -2.27. The van der Waals surface area contributed by atoms with Crippen molar-refractivity contribution in [3.8, 4) is 0 Å². The third-order valence-corrected chi connectivity index (χ3v) is 8.82. The van der Waals surface area contributed by atoms with E-state index >= 15 is 0 Å². The lowest BCUT2D eigenvalue weighted by Crippen LogP contribution is -2.78. The van der Waals surface area contributed by atoms with Crippen LogP contribution in [0.3, 0.4) is 0 Å². The Morgan fingerprint density at radius 1 is 0.881 bits per heavy atom. The largest absolute Gasteiger partial charge is 0.510 e. The Balaban J connectivity index is 1.86. The lowest BCUT2D eigenvalue weighted by atomic mass is 9.65. The summed E-state index contributed by atoms with van der Waals surface area (Å²) in [5, 5.41) is 37.2. The average Bonchev–Trinajstić information content (AvgIpc) is 2.97. The summed E-state index contributed by atoms with van der Waals surface area (Å²) in [6.45, 7) is 3.14. The second-order valence-corrected chi connectivity index (χ2v) is 12.2. The molecule has 0 saturated carbocycles. The number of aliphatic hydroxyl groups is 3. The lowest BCUT2D eigenvalue weighted by molar-refractivity contribution is -0.359. The molecule has 0 bridgehead atoms. The Labute approximate surface area is 248 Å². The van der Waals surface area contributed by atoms with Crippen molar-refractivity contribution < 1.29 is 38.7 Å². The topological polar surface area (TPSA) is 123 Å². The van der Waals surface area contributed by atoms with E-state index in [1.165, 1.54) is 6.92 Å². The SMILES string of the molecule is CCCC[P+](=O)O[C@H]1O[C@H](C(O)Cc2ccccc2)[C@](O)(Cc2ccccc2)[C@@](O)(Cc2ccccc2)[C@H]1OC(C)=O. The standard InChI is InChI=1S/C33H40O8P/c1-3-4-20-42(38)41-31-30(39-24(2)34)33(37,23-27-18-12-7-13-19-27)32(36,22-26-16-10-6-11-17-26)29(40-31)28(35)21-25-14-8-5-9-15-25/h5-19,28-31,35-37H,3-4,20-23H2,1-2H3/q+1/t28?,29-,30+,31-,32-,33-/m1/s1.